The van der Waals surface area contributed by atoms with Crippen molar-refractivity contribution in [2.24, 2.45) is 0 Å². The van der Waals surface area contributed by atoms with Gasteiger partial charge in [0, 0.05) is 10.7 Å². The number of rotatable bonds is 2. The second-order valence-corrected chi connectivity index (χ2v) is 3.91. The Kier molecular flexibility index (Phi) is 4.21. The lowest BCUT2D eigenvalue weighted by atomic mass is 10.2. The molecule has 88 valence electrons. The summed E-state index contributed by atoms with van der Waals surface area (Å²) in [6.07, 6.45) is -4.49. The van der Waals surface area contributed by atoms with Gasteiger partial charge in [-0.1, -0.05) is 27.5 Å². The fourth-order valence-corrected chi connectivity index (χ4v) is 1.40. The summed E-state index contributed by atoms with van der Waals surface area (Å²) in [7, 11) is 0. The van der Waals surface area contributed by atoms with Crippen LogP contribution >= 0.6 is 27.5 Å². The van der Waals surface area contributed by atoms with Crippen molar-refractivity contribution < 1.29 is 18.0 Å². The molecule has 0 aliphatic carbocycles. The zero-order valence-corrected chi connectivity index (χ0v) is 10.1. The molecular weight excluding hydrogens is 310 g/mol. The highest BCUT2D eigenvalue weighted by Gasteiger charge is 2.31. The molecular formula is C9H6BrClF3NO. The van der Waals surface area contributed by atoms with Gasteiger partial charge in [0.25, 0.3) is 0 Å². The van der Waals surface area contributed by atoms with Gasteiger partial charge < -0.3 is 5.32 Å². The smallest absolute Gasteiger partial charge is 0.325 e. The number of hydrogen-bond acceptors (Lipinski definition) is 1. The van der Waals surface area contributed by atoms with Crippen LogP contribution in [0.1, 0.15) is 5.56 Å². The molecule has 0 fully saturated rings. The Morgan fingerprint density at radius 2 is 2.00 bits per heavy atom. The monoisotopic (exact) mass is 315 g/mol. The topological polar surface area (TPSA) is 29.1 Å². The maximum absolute atomic E-state index is 12.4. The molecule has 0 spiro atoms. The molecule has 1 rings (SSSR count). The molecule has 0 heterocycles. The molecule has 0 saturated carbocycles. The van der Waals surface area contributed by atoms with E-state index in [0.29, 0.717) is 0 Å². The van der Waals surface area contributed by atoms with Crippen LogP contribution in [0.15, 0.2) is 18.2 Å². The number of nitrogens with one attached hydrogen (secondary N) is 1. The summed E-state index contributed by atoms with van der Waals surface area (Å²) in [5, 5.41) is 2.19. The molecule has 0 bridgehead atoms. The number of benzene rings is 1. The van der Waals surface area contributed by atoms with E-state index in [-0.39, 0.29) is 16.0 Å². The van der Waals surface area contributed by atoms with Crippen LogP contribution in [-0.2, 0) is 11.0 Å². The highest BCUT2D eigenvalue weighted by atomic mass is 79.9. The Morgan fingerprint density at radius 1 is 1.38 bits per heavy atom. The molecule has 7 heteroatoms. The largest absolute Gasteiger partial charge is 0.416 e. The Balaban J connectivity index is 3.04. The first-order valence-corrected chi connectivity index (χ1v) is 5.56. The Hall–Kier alpha value is -0.750. The molecule has 0 aromatic heterocycles. The molecule has 0 saturated heterocycles. The van der Waals surface area contributed by atoms with Crippen molar-refractivity contribution in [1.82, 2.24) is 0 Å². The fraction of sp³-hybridized carbons (Fsp3) is 0.222. The van der Waals surface area contributed by atoms with E-state index in [1.807, 2.05) is 0 Å². The van der Waals surface area contributed by atoms with Crippen LogP contribution in [0.25, 0.3) is 0 Å². The molecule has 1 aromatic carbocycles. The first-order valence-electron chi connectivity index (χ1n) is 4.06. The minimum atomic E-state index is -4.49. The standard InChI is InChI=1S/C9H6BrClF3NO/c10-4-8(16)15-7-2-5(9(12,13)14)1-6(11)3-7/h1-3H,4H2,(H,15,16). The van der Waals surface area contributed by atoms with Gasteiger partial charge in [0.05, 0.1) is 10.9 Å². The highest BCUT2D eigenvalue weighted by Crippen LogP contribution is 2.33. The van der Waals surface area contributed by atoms with Crippen molar-refractivity contribution in [3.05, 3.63) is 28.8 Å². The fourth-order valence-electron chi connectivity index (χ4n) is 1.02. The molecule has 0 aliphatic heterocycles. The number of carbonyl (C=O) groups excluding carboxylic acids is 1. The summed E-state index contributed by atoms with van der Waals surface area (Å²) in [6.45, 7) is 0. The number of anilines is 1. The summed E-state index contributed by atoms with van der Waals surface area (Å²) in [5.41, 5.74) is -0.880. The lowest BCUT2D eigenvalue weighted by molar-refractivity contribution is -0.137. The lowest BCUT2D eigenvalue weighted by Gasteiger charge is -2.10. The molecule has 0 unspecified atom stereocenters. The SMILES string of the molecule is O=C(CBr)Nc1cc(Cl)cc(C(F)(F)F)c1. The van der Waals surface area contributed by atoms with Crippen LogP contribution < -0.4 is 5.32 Å². The van der Waals surface area contributed by atoms with Gasteiger partial charge in [0.2, 0.25) is 5.91 Å². The van der Waals surface area contributed by atoms with Gasteiger partial charge >= 0.3 is 6.18 Å². The molecule has 0 aliphatic rings. The van der Waals surface area contributed by atoms with Crippen molar-refractivity contribution in [2.75, 3.05) is 10.6 Å². The first kappa shape index (κ1) is 13.3. The van der Waals surface area contributed by atoms with Gasteiger partial charge in [-0.05, 0) is 18.2 Å². The van der Waals surface area contributed by atoms with E-state index in [1.165, 1.54) is 6.07 Å². The van der Waals surface area contributed by atoms with E-state index >= 15 is 0 Å². The number of amides is 1. The van der Waals surface area contributed by atoms with E-state index in [4.69, 9.17) is 11.6 Å². The molecule has 1 amide bonds. The Bertz CT molecular complexity index is 408. The van der Waals surface area contributed by atoms with Crippen LogP contribution in [0.3, 0.4) is 0 Å². The van der Waals surface area contributed by atoms with E-state index in [9.17, 15) is 18.0 Å². The maximum Gasteiger partial charge on any atom is 0.416 e. The van der Waals surface area contributed by atoms with E-state index < -0.39 is 17.6 Å². The Morgan fingerprint density at radius 3 is 2.50 bits per heavy atom. The van der Waals surface area contributed by atoms with Crippen molar-refractivity contribution in [3.63, 3.8) is 0 Å². The summed E-state index contributed by atoms with van der Waals surface area (Å²) in [5.74, 6) is -0.449. The zero-order valence-electron chi connectivity index (χ0n) is 7.74. The van der Waals surface area contributed by atoms with Crippen LogP contribution in [0.2, 0.25) is 5.02 Å². The molecule has 1 aromatic rings. The summed E-state index contributed by atoms with van der Waals surface area (Å²) >= 11 is 8.40. The van der Waals surface area contributed by atoms with Gasteiger partial charge in [-0.15, -0.1) is 0 Å². The highest BCUT2D eigenvalue weighted by molar-refractivity contribution is 9.09. The van der Waals surface area contributed by atoms with E-state index in [2.05, 4.69) is 21.2 Å². The number of halogens is 5. The summed E-state index contributed by atoms with van der Waals surface area (Å²) in [4.78, 5) is 11.0. The van der Waals surface area contributed by atoms with E-state index in [1.54, 1.807) is 0 Å². The number of hydrogen-bond donors (Lipinski definition) is 1. The number of carbonyl (C=O) groups is 1. The van der Waals surface area contributed by atoms with Gasteiger partial charge in [0.1, 0.15) is 0 Å². The van der Waals surface area contributed by atoms with Crippen LogP contribution in [0.5, 0.6) is 0 Å². The molecule has 0 atom stereocenters. The van der Waals surface area contributed by atoms with Crippen LogP contribution in [0, 0.1) is 0 Å². The quantitative estimate of drug-likeness (QED) is 0.828. The normalized spacial score (nSPS) is 11.3. The molecule has 1 N–H and O–H groups in total. The first-order chi connectivity index (χ1) is 7.32. The van der Waals surface area contributed by atoms with Crippen molar-refractivity contribution in [3.8, 4) is 0 Å². The zero-order chi connectivity index (χ0) is 12.3. The third kappa shape index (κ3) is 3.68. The molecule has 0 radical (unpaired) electrons. The van der Waals surface area contributed by atoms with Crippen molar-refractivity contribution >= 4 is 39.1 Å². The predicted molar refractivity (Wildman–Crippen MR) is 58.9 cm³/mol. The number of alkyl halides is 4. The van der Waals surface area contributed by atoms with Gasteiger partial charge in [0.15, 0.2) is 0 Å². The lowest BCUT2D eigenvalue weighted by Crippen LogP contribution is -2.13. The Labute approximate surface area is 103 Å². The van der Waals surface area contributed by atoms with Crippen molar-refractivity contribution in [1.29, 1.82) is 0 Å². The summed E-state index contributed by atoms with van der Waals surface area (Å²) < 4.78 is 37.2. The maximum atomic E-state index is 12.4. The minimum Gasteiger partial charge on any atom is -0.325 e. The van der Waals surface area contributed by atoms with Gasteiger partial charge in [-0.2, -0.15) is 13.2 Å². The minimum absolute atomic E-state index is 0.000858. The third-order valence-electron chi connectivity index (χ3n) is 1.63. The van der Waals surface area contributed by atoms with Gasteiger partial charge in [-0.25, -0.2) is 0 Å². The van der Waals surface area contributed by atoms with Crippen molar-refractivity contribution in [2.45, 2.75) is 6.18 Å². The average molecular weight is 317 g/mol. The summed E-state index contributed by atoms with van der Waals surface area (Å²) in [6, 6.07) is 2.87. The average Bonchev–Trinajstić information content (AvgIpc) is 2.15. The van der Waals surface area contributed by atoms with E-state index in [0.717, 1.165) is 12.1 Å². The second-order valence-electron chi connectivity index (χ2n) is 2.91. The second kappa shape index (κ2) is 5.05. The third-order valence-corrected chi connectivity index (χ3v) is 2.36. The van der Waals surface area contributed by atoms with Crippen LogP contribution in [0.4, 0.5) is 18.9 Å². The molecule has 2 nitrogen and oxygen atoms in total. The predicted octanol–water partition coefficient (Wildman–Crippen LogP) is 3.69. The molecule has 16 heavy (non-hydrogen) atoms. The van der Waals surface area contributed by atoms with Gasteiger partial charge in [-0.3, -0.25) is 4.79 Å². The van der Waals surface area contributed by atoms with Crippen LogP contribution in [-0.4, -0.2) is 11.2 Å².